The van der Waals surface area contributed by atoms with E-state index in [0.717, 1.165) is 23.7 Å². The minimum absolute atomic E-state index is 0.129. The van der Waals surface area contributed by atoms with E-state index in [9.17, 15) is 4.79 Å². The Morgan fingerprint density at radius 1 is 1.50 bits per heavy atom. The van der Waals surface area contributed by atoms with Gasteiger partial charge in [-0.15, -0.1) is 11.3 Å². The fourth-order valence-electron chi connectivity index (χ4n) is 2.12. The number of nitrogens with one attached hydrogen (secondary N) is 1. The van der Waals surface area contributed by atoms with E-state index in [1.807, 2.05) is 13.8 Å². The second kappa shape index (κ2) is 6.13. The van der Waals surface area contributed by atoms with E-state index < -0.39 is 0 Å². The zero-order valence-electron chi connectivity index (χ0n) is 12.6. The number of hydrogen-bond acceptors (Lipinski definition) is 7. The summed E-state index contributed by atoms with van der Waals surface area (Å²) in [6.45, 7) is 4.33. The summed E-state index contributed by atoms with van der Waals surface area (Å²) < 4.78 is 5.34. The smallest absolute Gasteiger partial charge is 0.271 e. The Morgan fingerprint density at radius 3 is 2.86 bits per heavy atom. The molecule has 0 spiro atoms. The topological polar surface area (TPSA) is 107 Å². The lowest BCUT2D eigenvalue weighted by atomic mass is 10.0. The summed E-state index contributed by atoms with van der Waals surface area (Å²) in [5.74, 6) is 1.50. The van der Waals surface area contributed by atoms with Crippen molar-refractivity contribution in [2.45, 2.75) is 45.2 Å². The third-order valence-corrected chi connectivity index (χ3v) is 4.45. The second-order valence-corrected chi connectivity index (χ2v) is 6.73. The van der Waals surface area contributed by atoms with Crippen LogP contribution in [0.15, 0.2) is 9.90 Å². The maximum atomic E-state index is 12.3. The first kappa shape index (κ1) is 15.1. The molecule has 0 aliphatic heterocycles. The van der Waals surface area contributed by atoms with Gasteiger partial charge in [-0.1, -0.05) is 19.0 Å². The SMILES string of the molecule is CC(C)C(NC(=O)c1csc(CN)n1)c1nc(C2CC2)no1. The maximum absolute atomic E-state index is 12.3. The molecule has 3 N–H and O–H groups in total. The van der Waals surface area contributed by atoms with Crippen molar-refractivity contribution in [2.24, 2.45) is 11.7 Å². The van der Waals surface area contributed by atoms with Crippen LogP contribution in [-0.4, -0.2) is 21.0 Å². The van der Waals surface area contributed by atoms with Crippen LogP contribution in [0.1, 0.15) is 65.9 Å². The van der Waals surface area contributed by atoms with E-state index in [1.54, 1.807) is 5.38 Å². The molecule has 2 heterocycles. The Morgan fingerprint density at radius 2 is 2.27 bits per heavy atom. The summed E-state index contributed by atoms with van der Waals surface area (Å²) in [4.78, 5) is 20.9. The molecule has 7 nitrogen and oxygen atoms in total. The van der Waals surface area contributed by atoms with Crippen LogP contribution >= 0.6 is 11.3 Å². The average molecular weight is 321 g/mol. The van der Waals surface area contributed by atoms with Crippen molar-refractivity contribution in [3.8, 4) is 0 Å². The lowest BCUT2D eigenvalue weighted by Crippen LogP contribution is -2.32. The highest BCUT2D eigenvalue weighted by Crippen LogP contribution is 2.38. The fourth-order valence-corrected chi connectivity index (χ4v) is 2.77. The van der Waals surface area contributed by atoms with Crippen molar-refractivity contribution in [2.75, 3.05) is 0 Å². The van der Waals surface area contributed by atoms with Gasteiger partial charge in [-0.3, -0.25) is 4.79 Å². The average Bonchev–Trinajstić information content (AvgIpc) is 3.04. The zero-order valence-corrected chi connectivity index (χ0v) is 13.4. The first-order chi connectivity index (χ1) is 10.6. The monoisotopic (exact) mass is 321 g/mol. The minimum atomic E-state index is -0.324. The van der Waals surface area contributed by atoms with Crippen molar-refractivity contribution < 1.29 is 9.32 Å². The van der Waals surface area contributed by atoms with Gasteiger partial charge in [0.15, 0.2) is 5.82 Å². The summed E-state index contributed by atoms with van der Waals surface area (Å²) in [6, 6.07) is -0.324. The molecule has 1 aliphatic rings. The van der Waals surface area contributed by atoms with Crippen LogP contribution in [0.25, 0.3) is 0 Å². The molecule has 1 fully saturated rings. The van der Waals surface area contributed by atoms with Gasteiger partial charge in [0.25, 0.3) is 5.91 Å². The third kappa shape index (κ3) is 3.17. The van der Waals surface area contributed by atoms with E-state index >= 15 is 0 Å². The van der Waals surface area contributed by atoms with Crippen LogP contribution in [-0.2, 0) is 6.54 Å². The van der Waals surface area contributed by atoms with Gasteiger partial charge in [-0.25, -0.2) is 4.98 Å². The van der Waals surface area contributed by atoms with E-state index in [-0.39, 0.29) is 17.9 Å². The van der Waals surface area contributed by atoms with E-state index in [0.29, 0.717) is 24.0 Å². The quantitative estimate of drug-likeness (QED) is 0.842. The molecule has 1 amide bonds. The Hall–Kier alpha value is -1.80. The number of aromatic nitrogens is 3. The number of nitrogens with two attached hydrogens (primary N) is 1. The molecule has 0 saturated heterocycles. The lowest BCUT2D eigenvalue weighted by molar-refractivity contribution is 0.0909. The van der Waals surface area contributed by atoms with Gasteiger partial charge in [0.1, 0.15) is 16.7 Å². The van der Waals surface area contributed by atoms with Gasteiger partial charge in [0, 0.05) is 17.8 Å². The molecule has 8 heteroatoms. The Labute approximate surface area is 132 Å². The van der Waals surface area contributed by atoms with Gasteiger partial charge in [-0.2, -0.15) is 4.98 Å². The summed E-state index contributed by atoms with van der Waals surface area (Å²) in [6.07, 6.45) is 2.22. The van der Waals surface area contributed by atoms with Crippen molar-refractivity contribution in [1.82, 2.24) is 20.4 Å². The van der Waals surface area contributed by atoms with Gasteiger partial charge < -0.3 is 15.6 Å². The first-order valence-electron chi connectivity index (χ1n) is 7.37. The van der Waals surface area contributed by atoms with Crippen molar-refractivity contribution in [3.05, 3.63) is 27.8 Å². The Kier molecular flexibility index (Phi) is 4.21. The number of amides is 1. The van der Waals surface area contributed by atoms with Crippen LogP contribution in [0.3, 0.4) is 0 Å². The molecule has 22 heavy (non-hydrogen) atoms. The van der Waals surface area contributed by atoms with Crippen LogP contribution < -0.4 is 11.1 Å². The van der Waals surface area contributed by atoms with Crippen LogP contribution in [0.5, 0.6) is 0 Å². The molecule has 1 atom stereocenters. The predicted octanol–water partition coefficient (Wildman–Crippen LogP) is 1.99. The van der Waals surface area contributed by atoms with E-state index in [4.69, 9.17) is 10.3 Å². The molecular weight excluding hydrogens is 302 g/mol. The molecule has 1 unspecified atom stereocenters. The summed E-state index contributed by atoms with van der Waals surface area (Å²) in [5, 5.41) is 9.38. The third-order valence-electron chi connectivity index (χ3n) is 3.58. The number of carbonyl (C=O) groups excluding carboxylic acids is 1. The summed E-state index contributed by atoms with van der Waals surface area (Å²) in [5.41, 5.74) is 5.90. The lowest BCUT2D eigenvalue weighted by Gasteiger charge is -2.17. The van der Waals surface area contributed by atoms with E-state index in [2.05, 4.69) is 20.4 Å². The first-order valence-corrected chi connectivity index (χ1v) is 8.25. The summed E-state index contributed by atoms with van der Waals surface area (Å²) >= 11 is 1.38. The fraction of sp³-hybridized carbons (Fsp3) is 0.571. The number of hydrogen-bond donors (Lipinski definition) is 2. The number of rotatable bonds is 6. The number of nitrogens with zero attached hydrogens (tertiary/aromatic N) is 3. The maximum Gasteiger partial charge on any atom is 0.271 e. The molecule has 118 valence electrons. The molecule has 2 aromatic rings. The van der Waals surface area contributed by atoms with Gasteiger partial charge >= 0.3 is 0 Å². The highest BCUT2D eigenvalue weighted by Gasteiger charge is 2.32. The molecule has 1 saturated carbocycles. The van der Waals surface area contributed by atoms with Gasteiger partial charge in [0.2, 0.25) is 5.89 Å². The molecular formula is C14H19N5O2S. The number of thiazole rings is 1. The second-order valence-electron chi connectivity index (χ2n) is 5.79. The Bertz CT molecular complexity index is 662. The largest absolute Gasteiger partial charge is 0.339 e. The van der Waals surface area contributed by atoms with Crippen LogP contribution in [0, 0.1) is 5.92 Å². The summed E-state index contributed by atoms with van der Waals surface area (Å²) in [7, 11) is 0. The van der Waals surface area contributed by atoms with E-state index in [1.165, 1.54) is 11.3 Å². The normalized spacial score (nSPS) is 16.0. The zero-order chi connectivity index (χ0) is 15.7. The molecule has 0 radical (unpaired) electrons. The van der Waals surface area contributed by atoms with Crippen molar-refractivity contribution in [1.29, 1.82) is 0 Å². The highest BCUT2D eigenvalue weighted by molar-refractivity contribution is 7.09. The molecule has 0 aromatic carbocycles. The minimum Gasteiger partial charge on any atom is -0.339 e. The Balaban J connectivity index is 1.74. The van der Waals surface area contributed by atoms with Gasteiger partial charge in [0.05, 0.1) is 0 Å². The van der Waals surface area contributed by atoms with Gasteiger partial charge in [-0.05, 0) is 18.8 Å². The number of carbonyl (C=O) groups is 1. The highest BCUT2D eigenvalue weighted by atomic mass is 32.1. The molecule has 0 bridgehead atoms. The van der Waals surface area contributed by atoms with Crippen LogP contribution in [0.2, 0.25) is 0 Å². The molecule has 3 rings (SSSR count). The van der Waals surface area contributed by atoms with Crippen LogP contribution in [0.4, 0.5) is 0 Å². The molecule has 2 aromatic heterocycles. The van der Waals surface area contributed by atoms with Crippen molar-refractivity contribution >= 4 is 17.2 Å². The van der Waals surface area contributed by atoms with Crippen molar-refractivity contribution in [3.63, 3.8) is 0 Å². The predicted molar refractivity (Wildman–Crippen MR) is 81.3 cm³/mol. The standard InChI is InChI=1S/C14H19N5O2S/c1-7(2)11(14-18-12(19-21-14)8-3-4-8)17-13(20)9-6-22-10(5-15)16-9/h6-8,11H,3-5,15H2,1-2H3,(H,17,20). The molecule has 1 aliphatic carbocycles.